The van der Waals surface area contributed by atoms with Crippen molar-refractivity contribution in [3.05, 3.63) is 94.2 Å². The van der Waals surface area contributed by atoms with Crippen LogP contribution in [-0.2, 0) is 13.6 Å². The smallest absolute Gasteiger partial charge is 0.329 e. The number of benzene rings is 3. The highest BCUT2D eigenvalue weighted by Crippen LogP contribution is 2.19. The molecule has 29 heavy (non-hydrogen) atoms. The molecule has 3 N–H and O–H groups in total. The van der Waals surface area contributed by atoms with E-state index in [4.69, 9.17) is 5.73 Å². The maximum absolute atomic E-state index is 14.1. The lowest BCUT2D eigenvalue weighted by Crippen LogP contribution is -2.22. The fraction of sp³-hybridized carbons (Fsp3) is 0.0909. The number of hydrogen-bond donors (Lipinski definition) is 2. The van der Waals surface area contributed by atoms with Crippen LogP contribution < -0.4 is 16.7 Å². The van der Waals surface area contributed by atoms with Crippen LogP contribution in [0.2, 0.25) is 0 Å². The number of halogens is 1. The number of para-hydroxylation sites is 3. The number of hydrogen-bond acceptors (Lipinski definition) is 3. The molecule has 3 aromatic carbocycles. The van der Waals surface area contributed by atoms with E-state index in [-0.39, 0.29) is 23.7 Å². The molecule has 1 heterocycles. The Bertz CT molecular complexity index is 1270. The van der Waals surface area contributed by atoms with Crippen molar-refractivity contribution < 1.29 is 9.18 Å². The number of fused-ring (bicyclic) bond motifs is 1. The summed E-state index contributed by atoms with van der Waals surface area (Å²) in [6, 6.07) is 18.6. The molecule has 0 unspecified atom stereocenters. The Morgan fingerprint density at radius 1 is 1.03 bits per heavy atom. The molecule has 0 bridgehead atoms. The Hall–Kier alpha value is -3.87. The Kier molecular flexibility index (Phi) is 4.64. The Labute approximate surface area is 166 Å². The largest absolute Gasteiger partial charge is 0.397 e. The lowest BCUT2D eigenvalue weighted by Gasteiger charge is -2.09. The standard InChI is InChI=1S/C22H19FN4O2/c1-26-20-16(23)5-4-8-19(20)27(22(26)29)13-14-9-11-15(12-10-14)21(28)25-18-7-3-2-6-17(18)24/h2-12H,13,24H2,1H3,(H,25,28). The number of nitrogens with zero attached hydrogens (tertiary/aromatic N) is 2. The summed E-state index contributed by atoms with van der Waals surface area (Å²) >= 11 is 0. The zero-order chi connectivity index (χ0) is 20.5. The van der Waals surface area contributed by atoms with Gasteiger partial charge in [-0.3, -0.25) is 13.9 Å². The quantitative estimate of drug-likeness (QED) is 0.524. The molecule has 1 amide bonds. The van der Waals surface area contributed by atoms with E-state index >= 15 is 0 Å². The minimum Gasteiger partial charge on any atom is -0.397 e. The molecule has 146 valence electrons. The predicted molar refractivity (Wildman–Crippen MR) is 111 cm³/mol. The molecule has 0 aliphatic carbocycles. The highest BCUT2D eigenvalue weighted by Gasteiger charge is 2.14. The zero-order valence-corrected chi connectivity index (χ0v) is 15.7. The van der Waals surface area contributed by atoms with E-state index in [0.717, 1.165) is 5.56 Å². The van der Waals surface area contributed by atoms with Gasteiger partial charge in [-0.05, 0) is 42.0 Å². The van der Waals surface area contributed by atoms with Crippen LogP contribution in [0.15, 0.2) is 71.5 Å². The molecular formula is C22H19FN4O2. The SMILES string of the molecule is Cn1c(=O)n(Cc2ccc(C(=O)Nc3ccccc3N)cc2)c2cccc(F)c21. The molecule has 4 aromatic rings. The third-order valence-electron chi connectivity index (χ3n) is 4.88. The number of nitrogen functional groups attached to an aromatic ring is 1. The topological polar surface area (TPSA) is 82.0 Å². The van der Waals surface area contributed by atoms with Gasteiger partial charge in [0.25, 0.3) is 5.91 Å². The maximum Gasteiger partial charge on any atom is 0.329 e. The van der Waals surface area contributed by atoms with Gasteiger partial charge in [-0.2, -0.15) is 0 Å². The molecular weight excluding hydrogens is 371 g/mol. The summed E-state index contributed by atoms with van der Waals surface area (Å²) in [5.41, 5.74) is 8.67. The fourth-order valence-corrected chi connectivity index (χ4v) is 3.34. The number of rotatable bonds is 4. The summed E-state index contributed by atoms with van der Waals surface area (Å²) in [6.45, 7) is 0.271. The average Bonchev–Trinajstić information content (AvgIpc) is 2.96. The van der Waals surface area contributed by atoms with Crippen molar-refractivity contribution >= 4 is 28.3 Å². The Morgan fingerprint density at radius 3 is 2.48 bits per heavy atom. The number of carbonyl (C=O) groups excluding carboxylic acids is 1. The minimum atomic E-state index is -0.437. The van der Waals surface area contributed by atoms with Gasteiger partial charge in [0.1, 0.15) is 11.3 Å². The van der Waals surface area contributed by atoms with E-state index < -0.39 is 5.82 Å². The van der Waals surface area contributed by atoms with Crippen molar-refractivity contribution in [2.45, 2.75) is 6.54 Å². The maximum atomic E-state index is 14.1. The van der Waals surface area contributed by atoms with Crippen LogP contribution in [0.1, 0.15) is 15.9 Å². The first-order valence-corrected chi connectivity index (χ1v) is 9.04. The summed E-state index contributed by atoms with van der Waals surface area (Å²) in [4.78, 5) is 25.0. The van der Waals surface area contributed by atoms with Gasteiger partial charge in [0, 0.05) is 12.6 Å². The van der Waals surface area contributed by atoms with Crippen LogP contribution in [0.4, 0.5) is 15.8 Å². The van der Waals surface area contributed by atoms with Gasteiger partial charge in [0.05, 0.1) is 23.4 Å². The van der Waals surface area contributed by atoms with Crippen molar-refractivity contribution in [3.8, 4) is 0 Å². The molecule has 0 radical (unpaired) electrons. The lowest BCUT2D eigenvalue weighted by atomic mass is 10.1. The second-order valence-electron chi connectivity index (χ2n) is 6.77. The number of carbonyl (C=O) groups is 1. The molecule has 0 aliphatic heterocycles. The van der Waals surface area contributed by atoms with E-state index in [0.29, 0.717) is 22.5 Å². The number of imidazole rings is 1. The molecule has 0 saturated heterocycles. The number of aromatic nitrogens is 2. The average molecular weight is 390 g/mol. The van der Waals surface area contributed by atoms with Gasteiger partial charge in [0.2, 0.25) is 0 Å². The van der Waals surface area contributed by atoms with Gasteiger partial charge in [0.15, 0.2) is 0 Å². The number of nitrogens with two attached hydrogens (primary N) is 1. The fourth-order valence-electron chi connectivity index (χ4n) is 3.34. The van der Waals surface area contributed by atoms with E-state index in [1.54, 1.807) is 67.7 Å². The van der Waals surface area contributed by atoms with Crippen LogP contribution in [0.3, 0.4) is 0 Å². The zero-order valence-electron chi connectivity index (χ0n) is 15.7. The van der Waals surface area contributed by atoms with Gasteiger partial charge in [-0.1, -0.05) is 30.3 Å². The molecule has 0 fully saturated rings. The normalized spacial score (nSPS) is 11.0. The van der Waals surface area contributed by atoms with E-state index in [2.05, 4.69) is 5.32 Å². The minimum absolute atomic E-state index is 0.271. The molecule has 6 nitrogen and oxygen atoms in total. The number of amides is 1. The number of nitrogens with one attached hydrogen (secondary N) is 1. The van der Waals surface area contributed by atoms with Crippen molar-refractivity contribution in [2.75, 3.05) is 11.1 Å². The third-order valence-corrected chi connectivity index (χ3v) is 4.88. The second-order valence-corrected chi connectivity index (χ2v) is 6.77. The summed E-state index contributed by atoms with van der Waals surface area (Å²) in [7, 11) is 1.55. The lowest BCUT2D eigenvalue weighted by molar-refractivity contribution is 0.102. The van der Waals surface area contributed by atoms with Gasteiger partial charge >= 0.3 is 5.69 Å². The van der Waals surface area contributed by atoms with Crippen molar-refractivity contribution in [2.24, 2.45) is 7.05 Å². The molecule has 1 aromatic heterocycles. The summed E-state index contributed by atoms with van der Waals surface area (Å²) < 4.78 is 16.9. The van der Waals surface area contributed by atoms with Crippen LogP contribution in [0.25, 0.3) is 11.0 Å². The van der Waals surface area contributed by atoms with E-state index in [1.807, 2.05) is 0 Å². The summed E-state index contributed by atoms with van der Waals surface area (Å²) in [6.07, 6.45) is 0. The van der Waals surface area contributed by atoms with Gasteiger partial charge in [-0.25, -0.2) is 9.18 Å². The van der Waals surface area contributed by atoms with Crippen LogP contribution in [0, 0.1) is 5.82 Å². The Morgan fingerprint density at radius 2 is 1.76 bits per heavy atom. The van der Waals surface area contributed by atoms with Crippen LogP contribution >= 0.6 is 0 Å². The van der Waals surface area contributed by atoms with Gasteiger partial charge < -0.3 is 11.1 Å². The first-order chi connectivity index (χ1) is 14.0. The highest BCUT2D eigenvalue weighted by molar-refractivity contribution is 6.05. The number of anilines is 2. The van der Waals surface area contributed by atoms with Crippen molar-refractivity contribution in [1.82, 2.24) is 9.13 Å². The highest BCUT2D eigenvalue weighted by atomic mass is 19.1. The van der Waals surface area contributed by atoms with Crippen molar-refractivity contribution in [1.29, 1.82) is 0 Å². The van der Waals surface area contributed by atoms with Crippen LogP contribution in [-0.4, -0.2) is 15.0 Å². The van der Waals surface area contributed by atoms with Crippen LogP contribution in [0.5, 0.6) is 0 Å². The first kappa shape index (κ1) is 18.5. The summed E-state index contributed by atoms with van der Waals surface area (Å²) in [5.74, 6) is -0.716. The first-order valence-electron chi connectivity index (χ1n) is 9.04. The molecule has 7 heteroatoms. The molecule has 0 aliphatic rings. The third kappa shape index (κ3) is 3.38. The van der Waals surface area contributed by atoms with E-state index in [9.17, 15) is 14.0 Å². The Balaban J connectivity index is 1.58. The van der Waals surface area contributed by atoms with Gasteiger partial charge in [-0.15, -0.1) is 0 Å². The summed E-state index contributed by atoms with van der Waals surface area (Å²) in [5, 5.41) is 2.77. The monoisotopic (exact) mass is 390 g/mol. The predicted octanol–water partition coefficient (Wildman–Crippen LogP) is 3.36. The molecule has 0 saturated carbocycles. The number of aryl methyl sites for hydroxylation is 1. The molecule has 0 atom stereocenters. The molecule has 0 spiro atoms. The van der Waals surface area contributed by atoms with Crippen molar-refractivity contribution in [3.63, 3.8) is 0 Å². The second kappa shape index (κ2) is 7.27. The molecule has 4 rings (SSSR count). The van der Waals surface area contributed by atoms with E-state index in [1.165, 1.54) is 15.2 Å².